The topological polar surface area (TPSA) is 4.93 Å². The van der Waals surface area contributed by atoms with E-state index < -0.39 is 11.9 Å². The average molecular weight is 255 g/mol. The van der Waals surface area contributed by atoms with E-state index >= 15 is 0 Å². The molecule has 0 saturated carbocycles. The maximum Gasteiger partial charge on any atom is 0.431 e. The van der Waals surface area contributed by atoms with E-state index in [0.29, 0.717) is 10.9 Å². The van der Waals surface area contributed by atoms with Crippen LogP contribution in [0.2, 0.25) is 0 Å². The minimum Gasteiger partial charge on any atom is -0.340 e. The van der Waals surface area contributed by atoms with Gasteiger partial charge in [-0.1, -0.05) is 26.8 Å². The third-order valence-corrected chi connectivity index (χ3v) is 3.20. The number of halogens is 3. The van der Waals surface area contributed by atoms with E-state index in [-0.39, 0.29) is 5.41 Å². The lowest BCUT2D eigenvalue weighted by Gasteiger charge is -2.19. The van der Waals surface area contributed by atoms with E-state index in [4.69, 9.17) is 0 Å². The van der Waals surface area contributed by atoms with Gasteiger partial charge in [-0.25, -0.2) is 0 Å². The molecule has 0 aliphatic rings. The molecule has 2 aromatic rings. The maximum atomic E-state index is 12.8. The Balaban J connectivity index is 2.67. The first-order valence-corrected chi connectivity index (χ1v) is 5.78. The zero-order valence-corrected chi connectivity index (χ0v) is 10.9. The van der Waals surface area contributed by atoms with Gasteiger partial charge in [-0.3, -0.25) is 0 Å². The second-order valence-electron chi connectivity index (χ2n) is 5.61. The summed E-state index contributed by atoms with van der Waals surface area (Å²) in [5.74, 6) is 0. The van der Waals surface area contributed by atoms with Crippen LogP contribution in [0, 0.1) is 0 Å². The monoisotopic (exact) mass is 255 g/mol. The van der Waals surface area contributed by atoms with Crippen molar-refractivity contribution in [1.29, 1.82) is 0 Å². The zero-order chi connectivity index (χ0) is 13.7. The third-order valence-electron chi connectivity index (χ3n) is 3.20. The highest BCUT2D eigenvalue weighted by atomic mass is 19.4. The molecular weight excluding hydrogens is 239 g/mol. The van der Waals surface area contributed by atoms with Gasteiger partial charge in [-0.05, 0) is 29.2 Å². The van der Waals surface area contributed by atoms with Crippen LogP contribution in [0.4, 0.5) is 13.2 Å². The van der Waals surface area contributed by atoms with Crippen LogP contribution in [0.3, 0.4) is 0 Å². The quantitative estimate of drug-likeness (QED) is 0.653. The predicted octanol–water partition coefficient (Wildman–Crippen LogP) is 4.49. The number of aromatic nitrogens is 1. The number of aryl methyl sites for hydroxylation is 1. The van der Waals surface area contributed by atoms with Crippen molar-refractivity contribution in [3.63, 3.8) is 0 Å². The second kappa shape index (κ2) is 3.77. The van der Waals surface area contributed by atoms with Crippen LogP contribution in [0.15, 0.2) is 24.3 Å². The highest BCUT2D eigenvalue weighted by molar-refractivity contribution is 5.82. The molecule has 1 aromatic carbocycles. The molecule has 0 unspecified atom stereocenters. The zero-order valence-electron chi connectivity index (χ0n) is 10.9. The Kier molecular flexibility index (Phi) is 2.72. The lowest BCUT2D eigenvalue weighted by Crippen LogP contribution is -2.11. The summed E-state index contributed by atoms with van der Waals surface area (Å²) in [6, 6.07) is 6.70. The summed E-state index contributed by atoms with van der Waals surface area (Å²) < 4.78 is 39.6. The van der Waals surface area contributed by atoms with E-state index in [1.807, 2.05) is 32.9 Å². The fraction of sp³-hybridized carbons (Fsp3) is 0.429. The van der Waals surface area contributed by atoms with Gasteiger partial charge in [0.25, 0.3) is 0 Å². The molecule has 0 saturated heterocycles. The van der Waals surface area contributed by atoms with Gasteiger partial charge >= 0.3 is 6.18 Å². The SMILES string of the molecule is Cn1c(C(F)(F)F)cc2cc(C(C)(C)C)ccc21. The first kappa shape index (κ1) is 13.0. The number of hydrogen-bond donors (Lipinski definition) is 0. The predicted molar refractivity (Wildman–Crippen MR) is 66.6 cm³/mol. The Bertz CT molecular complexity index is 585. The Hall–Kier alpha value is -1.45. The van der Waals surface area contributed by atoms with Crippen molar-refractivity contribution >= 4 is 10.9 Å². The average Bonchev–Trinajstić information content (AvgIpc) is 2.54. The van der Waals surface area contributed by atoms with E-state index in [1.54, 1.807) is 6.07 Å². The van der Waals surface area contributed by atoms with Crippen LogP contribution in [0.25, 0.3) is 10.9 Å². The van der Waals surface area contributed by atoms with Gasteiger partial charge in [-0.15, -0.1) is 0 Å². The van der Waals surface area contributed by atoms with Crippen molar-refractivity contribution in [2.45, 2.75) is 32.4 Å². The van der Waals surface area contributed by atoms with Gasteiger partial charge in [-0.2, -0.15) is 13.2 Å². The Morgan fingerprint density at radius 2 is 1.61 bits per heavy atom. The largest absolute Gasteiger partial charge is 0.431 e. The van der Waals surface area contributed by atoms with Gasteiger partial charge in [0.15, 0.2) is 0 Å². The van der Waals surface area contributed by atoms with Crippen molar-refractivity contribution < 1.29 is 13.2 Å². The van der Waals surface area contributed by atoms with Crippen molar-refractivity contribution in [3.8, 4) is 0 Å². The molecule has 0 aliphatic heterocycles. The van der Waals surface area contributed by atoms with Gasteiger partial charge in [0.05, 0.1) is 0 Å². The lowest BCUT2D eigenvalue weighted by atomic mass is 9.86. The van der Waals surface area contributed by atoms with E-state index in [1.165, 1.54) is 17.7 Å². The third kappa shape index (κ3) is 2.11. The fourth-order valence-electron chi connectivity index (χ4n) is 2.09. The van der Waals surface area contributed by atoms with Crippen LogP contribution in [0.1, 0.15) is 32.0 Å². The van der Waals surface area contributed by atoms with Gasteiger partial charge in [0.1, 0.15) is 5.69 Å². The maximum absolute atomic E-state index is 12.8. The summed E-state index contributed by atoms with van der Waals surface area (Å²) in [6.45, 7) is 6.13. The number of benzene rings is 1. The van der Waals surface area contributed by atoms with E-state index in [0.717, 1.165) is 5.56 Å². The molecular formula is C14H16F3N. The molecule has 0 amide bonds. The molecule has 1 heterocycles. The molecule has 0 atom stereocenters. The molecule has 0 N–H and O–H groups in total. The van der Waals surface area contributed by atoms with E-state index in [9.17, 15) is 13.2 Å². The molecule has 18 heavy (non-hydrogen) atoms. The second-order valence-corrected chi connectivity index (χ2v) is 5.61. The van der Waals surface area contributed by atoms with Crippen LogP contribution >= 0.6 is 0 Å². The molecule has 0 radical (unpaired) electrons. The normalized spacial score (nSPS) is 13.3. The Morgan fingerprint density at radius 1 is 1.00 bits per heavy atom. The van der Waals surface area contributed by atoms with Gasteiger partial charge in [0.2, 0.25) is 0 Å². The minimum atomic E-state index is -4.31. The van der Waals surface area contributed by atoms with Gasteiger partial charge < -0.3 is 4.57 Å². The Labute approximate surface area is 104 Å². The summed E-state index contributed by atoms with van der Waals surface area (Å²) >= 11 is 0. The van der Waals surface area contributed by atoms with Crippen LogP contribution in [0.5, 0.6) is 0 Å². The van der Waals surface area contributed by atoms with E-state index in [2.05, 4.69) is 0 Å². The molecule has 0 spiro atoms. The summed E-state index contributed by atoms with van der Waals surface area (Å²) in [5.41, 5.74) is 0.968. The smallest absolute Gasteiger partial charge is 0.340 e. The molecule has 0 bridgehead atoms. The first-order chi connectivity index (χ1) is 8.10. The molecule has 1 nitrogen and oxygen atoms in total. The van der Waals surface area contributed by atoms with Crippen LogP contribution in [-0.4, -0.2) is 4.57 Å². The van der Waals surface area contributed by atoms with Crippen molar-refractivity contribution in [2.75, 3.05) is 0 Å². The number of hydrogen-bond acceptors (Lipinski definition) is 0. The fourth-order valence-corrected chi connectivity index (χ4v) is 2.09. The first-order valence-electron chi connectivity index (χ1n) is 5.78. The summed E-state index contributed by atoms with van der Waals surface area (Å²) in [6.07, 6.45) is -4.31. The van der Waals surface area contributed by atoms with Crippen LogP contribution < -0.4 is 0 Å². The van der Waals surface area contributed by atoms with Crippen molar-refractivity contribution in [2.24, 2.45) is 7.05 Å². The van der Waals surface area contributed by atoms with Crippen molar-refractivity contribution in [1.82, 2.24) is 4.57 Å². The van der Waals surface area contributed by atoms with Crippen molar-refractivity contribution in [3.05, 3.63) is 35.5 Å². The van der Waals surface area contributed by atoms with Crippen LogP contribution in [-0.2, 0) is 18.6 Å². The molecule has 0 aliphatic carbocycles. The number of nitrogens with zero attached hydrogens (tertiary/aromatic N) is 1. The molecule has 2 rings (SSSR count). The molecule has 0 fully saturated rings. The Morgan fingerprint density at radius 3 is 2.11 bits per heavy atom. The highest BCUT2D eigenvalue weighted by Gasteiger charge is 2.34. The summed E-state index contributed by atoms with van der Waals surface area (Å²) in [4.78, 5) is 0. The number of alkyl halides is 3. The molecule has 4 heteroatoms. The van der Waals surface area contributed by atoms with Gasteiger partial charge in [0, 0.05) is 18.0 Å². The standard InChI is InChI=1S/C14H16F3N/c1-13(2,3)10-5-6-11-9(7-10)8-12(18(11)4)14(15,16)17/h5-8H,1-4H3. The highest BCUT2D eigenvalue weighted by Crippen LogP contribution is 2.34. The number of rotatable bonds is 0. The molecule has 1 aromatic heterocycles. The summed E-state index contributed by atoms with van der Waals surface area (Å²) in [7, 11) is 1.45. The molecule has 98 valence electrons. The lowest BCUT2D eigenvalue weighted by molar-refractivity contribution is -0.142. The minimum absolute atomic E-state index is 0.0670. The summed E-state index contributed by atoms with van der Waals surface area (Å²) in [5, 5.41) is 0.636. The number of fused-ring (bicyclic) bond motifs is 1.